The lowest BCUT2D eigenvalue weighted by molar-refractivity contribution is -0.130. The zero-order valence-electron chi connectivity index (χ0n) is 24.0. The van der Waals surface area contributed by atoms with Gasteiger partial charge in [-0.1, -0.05) is 12.1 Å². The molecule has 0 fully saturated rings. The summed E-state index contributed by atoms with van der Waals surface area (Å²) < 4.78 is 0. The van der Waals surface area contributed by atoms with Crippen LogP contribution in [0.5, 0.6) is 0 Å². The number of nitrogen functional groups attached to an aromatic ring is 1. The molecule has 41 heavy (non-hydrogen) atoms. The predicted molar refractivity (Wildman–Crippen MR) is 164 cm³/mol. The van der Waals surface area contributed by atoms with Crippen LogP contribution in [0.15, 0.2) is 48.5 Å². The lowest BCUT2D eigenvalue weighted by Crippen LogP contribution is -2.48. The van der Waals surface area contributed by atoms with Crippen molar-refractivity contribution >= 4 is 56.1 Å². The first kappa shape index (κ1) is 28.4. The predicted octanol–water partition coefficient (Wildman–Crippen LogP) is 5.35. The fourth-order valence-corrected chi connectivity index (χ4v) is 7.18. The third-order valence-corrected chi connectivity index (χ3v) is 9.12. The van der Waals surface area contributed by atoms with Gasteiger partial charge >= 0.3 is 0 Å². The minimum atomic E-state index is -1.35. The van der Waals surface area contributed by atoms with Crippen LogP contribution in [0.4, 0.5) is 17.1 Å². The van der Waals surface area contributed by atoms with Crippen LogP contribution in [0, 0.1) is 12.8 Å². The summed E-state index contributed by atoms with van der Waals surface area (Å²) in [5.41, 5.74) is 11.1. The maximum atomic E-state index is 13.3. The first-order chi connectivity index (χ1) is 19.3. The van der Waals surface area contributed by atoms with Gasteiger partial charge < -0.3 is 21.1 Å². The molecule has 3 atom stereocenters. The summed E-state index contributed by atoms with van der Waals surface area (Å²) in [5.74, 6) is -1.66. The largest absolute Gasteiger partial charge is 0.397 e. The number of aliphatic hydroxyl groups is 1. The average molecular weight is 571 g/mol. The van der Waals surface area contributed by atoms with Crippen LogP contribution in [0.3, 0.4) is 0 Å². The van der Waals surface area contributed by atoms with Gasteiger partial charge in [0.1, 0.15) is 15.5 Å². The molecule has 0 bridgehead atoms. The van der Waals surface area contributed by atoms with E-state index in [1.165, 1.54) is 25.2 Å². The van der Waals surface area contributed by atoms with E-state index in [-0.39, 0.29) is 23.9 Å². The molecule has 3 unspecified atom stereocenters. The molecule has 0 radical (unpaired) electrons. The van der Waals surface area contributed by atoms with E-state index in [1.54, 1.807) is 31.2 Å². The number of carbonyl (C=O) groups excluding carboxylic acids is 3. The molecule has 0 saturated carbocycles. The number of Topliss-reactive ketones (excluding diaryl/α,β-unsaturated/α-hetero) is 2. The van der Waals surface area contributed by atoms with Crippen molar-refractivity contribution < 1.29 is 19.5 Å². The molecule has 212 valence electrons. The van der Waals surface area contributed by atoms with Gasteiger partial charge in [-0.3, -0.25) is 14.4 Å². The molecular formula is C32H34N4O4S. The summed E-state index contributed by atoms with van der Waals surface area (Å²) in [6.45, 7) is 6.62. The van der Waals surface area contributed by atoms with Crippen molar-refractivity contribution in [2.24, 2.45) is 5.92 Å². The molecule has 1 amide bonds. The molecule has 0 spiro atoms. The van der Waals surface area contributed by atoms with Gasteiger partial charge in [0, 0.05) is 54.5 Å². The third kappa shape index (κ3) is 5.00. The van der Waals surface area contributed by atoms with Crippen LogP contribution in [0.1, 0.15) is 69.1 Å². The number of rotatable bonds is 6. The minimum absolute atomic E-state index is 0.0577. The number of nitrogens with two attached hydrogens (primary N) is 1. The summed E-state index contributed by atoms with van der Waals surface area (Å²) in [5, 5.41) is 15.3. The number of aromatic nitrogens is 1. The number of ketones is 2. The highest BCUT2D eigenvalue weighted by Crippen LogP contribution is 2.51. The van der Waals surface area contributed by atoms with Crippen molar-refractivity contribution in [2.45, 2.75) is 45.6 Å². The summed E-state index contributed by atoms with van der Waals surface area (Å²) >= 11 is 1.20. The highest BCUT2D eigenvalue weighted by molar-refractivity contribution is 7.21. The Morgan fingerprint density at radius 1 is 1.07 bits per heavy atom. The SMILES string of the molecule is CC(=O)c1ccc(NC(=O)c2sc3nc(C)c4c(c3c2N)CC(C)(O)C(C(C)=O)C4c2ccc(N(C)C)cc2)cc1. The van der Waals surface area contributed by atoms with Crippen molar-refractivity contribution in [1.29, 1.82) is 0 Å². The molecule has 9 heteroatoms. The second kappa shape index (κ2) is 10.4. The Labute approximate surface area is 243 Å². The van der Waals surface area contributed by atoms with Crippen LogP contribution < -0.4 is 16.0 Å². The molecule has 2 aromatic heterocycles. The maximum absolute atomic E-state index is 13.3. The molecule has 0 saturated heterocycles. The van der Waals surface area contributed by atoms with E-state index in [1.807, 2.05) is 50.2 Å². The lowest BCUT2D eigenvalue weighted by atomic mass is 9.62. The number of anilines is 3. The number of aryl methyl sites for hydroxylation is 1. The van der Waals surface area contributed by atoms with E-state index >= 15 is 0 Å². The Morgan fingerprint density at radius 3 is 2.27 bits per heavy atom. The van der Waals surface area contributed by atoms with Gasteiger partial charge in [-0.25, -0.2) is 4.98 Å². The van der Waals surface area contributed by atoms with Gasteiger partial charge in [0.2, 0.25) is 0 Å². The Morgan fingerprint density at radius 2 is 1.71 bits per heavy atom. The summed E-state index contributed by atoms with van der Waals surface area (Å²) in [6, 6.07) is 14.7. The van der Waals surface area contributed by atoms with Crippen molar-refractivity contribution in [3.05, 3.63) is 81.4 Å². The van der Waals surface area contributed by atoms with Gasteiger partial charge in [-0.2, -0.15) is 0 Å². The van der Waals surface area contributed by atoms with Crippen LogP contribution in [-0.2, 0) is 11.2 Å². The van der Waals surface area contributed by atoms with E-state index in [0.29, 0.717) is 32.0 Å². The van der Waals surface area contributed by atoms with E-state index in [0.717, 1.165) is 28.1 Å². The first-order valence-electron chi connectivity index (χ1n) is 13.4. The highest BCUT2D eigenvalue weighted by atomic mass is 32.1. The van der Waals surface area contributed by atoms with Crippen molar-refractivity contribution in [2.75, 3.05) is 30.0 Å². The molecule has 0 aliphatic heterocycles. The van der Waals surface area contributed by atoms with Crippen LogP contribution in [0.25, 0.3) is 10.2 Å². The number of carbonyl (C=O) groups is 3. The van der Waals surface area contributed by atoms with Crippen LogP contribution in [0.2, 0.25) is 0 Å². The standard InChI is InChI=1S/C32H34N4O4S/c1-16-24-23(15-32(4,40)27(18(3)38)25(24)20-9-13-22(14-10-20)36(5)6)26-28(33)29(41-31(26)34-16)30(39)35-21-11-7-19(8-12-21)17(2)37/h7-14,25,27,40H,15,33H2,1-6H3,(H,35,39). The number of hydrogen-bond acceptors (Lipinski definition) is 8. The van der Waals surface area contributed by atoms with E-state index < -0.39 is 17.4 Å². The number of pyridine rings is 1. The molecule has 2 heterocycles. The molecular weight excluding hydrogens is 536 g/mol. The minimum Gasteiger partial charge on any atom is -0.397 e. The molecule has 5 rings (SSSR count). The number of fused-ring (bicyclic) bond motifs is 3. The monoisotopic (exact) mass is 570 g/mol. The number of benzene rings is 2. The zero-order chi connectivity index (χ0) is 29.8. The summed E-state index contributed by atoms with van der Waals surface area (Å²) in [7, 11) is 3.93. The normalized spacial score (nSPS) is 20.0. The number of amides is 1. The Bertz CT molecular complexity index is 1690. The molecule has 2 aromatic carbocycles. The fraction of sp³-hybridized carbons (Fsp3) is 0.312. The van der Waals surface area contributed by atoms with Gasteiger partial charge in [-0.05, 0) is 80.8 Å². The molecule has 4 aromatic rings. The molecule has 1 aliphatic carbocycles. The molecule has 8 nitrogen and oxygen atoms in total. The molecule has 4 N–H and O–H groups in total. The Kier molecular flexibility index (Phi) is 7.21. The maximum Gasteiger partial charge on any atom is 0.267 e. The second-order valence-electron chi connectivity index (χ2n) is 11.3. The third-order valence-electron chi connectivity index (χ3n) is 8.02. The first-order valence-corrected chi connectivity index (χ1v) is 14.3. The topological polar surface area (TPSA) is 126 Å². The van der Waals surface area contributed by atoms with Crippen molar-refractivity contribution in [1.82, 2.24) is 4.98 Å². The quantitative estimate of drug-likeness (QED) is 0.267. The van der Waals surface area contributed by atoms with Crippen LogP contribution >= 0.6 is 11.3 Å². The number of nitrogens with one attached hydrogen (secondary N) is 1. The summed E-state index contributed by atoms with van der Waals surface area (Å²) in [4.78, 5) is 45.8. The number of thiophene rings is 1. The van der Waals surface area contributed by atoms with E-state index in [2.05, 4.69) is 5.32 Å². The van der Waals surface area contributed by atoms with Gasteiger partial charge in [0.15, 0.2) is 5.78 Å². The Hall–Kier alpha value is -4.08. The van der Waals surface area contributed by atoms with E-state index in [4.69, 9.17) is 10.7 Å². The average Bonchev–Trinajstić information content (AvgIpc) is 3.23. The second-order valence-corrected chi connectivity index (χ2v) is 12.3. The zero-order valence-corrected chi connectivity index (χ0v) is 24.8. The summed E-state index contributed by atoms with van der Waals surface area (Å²) in [6.07, 6.45) is 0.202. The highest BCUT2D eigenvalue weighted by Gasteiger charge is 2.48. The van der Waals surface area contributed by atoms with Crippen molar-refractivity contribution in [3.63, 3.8) is 0 Å². The van der Waals surface area contributed by atoms with Gasteiger partial charge in [0.05, 0.1) is 17.2 Å². The van der Waals surface area contributed by atoms with Crippen molar-refractivity contribution in [3.8, 4) is 0 Å². The smallest absolute Gasteiger partial charge is 0.267 e. The van der Waals surface area contributed by atoms with Gasteiger partial charge in [-0.15, -0.1) is 11.3 Å². The number of hydrogen-bond donors (Lipinski definition) is 3. The fourth-order valence-electron chi connectivity index (χ4n) is 6.11. The molecule has 1 aliphatic rings. The lowest BCUT2D eigenvalue weighted by Gasteiger charge is -2.43. The number of nitrogens with zero attached hydrogens (tertiary/aromatic N) is 2. The van der Waals surface area contributed by atoms with Crippen LogP contribution in [-0.4, -0.2) is 47.3 Å². The van der Waals surface area contributed by atoms with Gasteiger partial charge in [0.25, 0.3) is 5.91 Å². The van der Waals surface area contributed by atoms with E-state index in [9.17, 15) is 19.5 Å². The Balaban J connectivity index is 1.64.